The van der Waals surface area contributed by atoms with Gasteiger partial charge in [-0.15, -0.1) is 0 Å². The molecule has 0 aromatic rings. The van der Waals surface area contributed by atoms with Crippen LogP contribution in [0.2, 0.25) is 0 Å². The van der Waals surface area contributed by atoms with Crippen LogP contribution < -0.4 is 0 Å². The van der Waals surface area contributed by atoms with E-state index in [4.69, 9.17) is 19.3 Å². The summed E-state index contributed by atoms with van der Waals surface area (Å²) < 4.78 is 0. The van der Waals surface area contributed by atoms with Crippen molar-refractivity contribution < 1.29 is 0 Å². The first-order valence-corrected chi connectivity index (χ1v) is 2.62. The SMILES string of the molecule is C#CN(C)CN(C#C)C#C. The van der Waals surface area contributed by atoms with Crippen LogP contribution in [0.4, 0.5) is 0 Å². The summed E-state index contributed by atoms with van der Waals surface area (Å²) in [6, 6.07) is 6.92. The van der Waals surface area contributed by atoms with Gasteiger partial charge >= 0.3 is 0 Å². The standard InChI is InChI=1S/C8H8N2/c1-5-9(4)8-10(6-2)7-3/h1-3H,8H2,4H3. The van der Waals surface area contributed by atoms with Crippen LogP contribution in [-0.4, -0.2) is 23.5 Å². The van der Waals surface area contributed by atoms with Crippen molar-refractivity contribution in [3.05, 3.63) is 0 Å². The van der Waals surface area contributed by atoms with Crippen LogP contribution in [0.25, 0.3) is 0 Å². The smallest absolute Gasteiger partial charge is 0.118 e. The molecule has 0 amide bonds. The molecule has 0 saturated heterocycles. The van der Waals surface area contributed by atoms with E-state index in [2.05, 4.69) is 18.1 Å². The van der Waals surface area contributed by atoms with Gasteiger partial charge in [-0.05, 0) is 0 Å². The fourth-order valence-corrected chi connectivity index (χ4v) is 0.372. The average molecular weight is 132 g/mol. The van der Waals surface area contributed by atoms with Crippen molar-refractivity contribution in [3.8, 4) is 37.4 Å². The maximum absolute atomic E-state index is 5.04. The summed E-state index contributed by atoms with van der Waals surface area (Å²) >= 11 is 0. The minimum atomic E-state index is 0.392. The van der Waals surface area contributed by atoms with Crippen LogP contribution in [0.1, 0.15) is 0 Å². The van der Waals surface area contributed by atoms with Crippen LogP contribution >= 0.6 is 0 Å². The van der Waals surface area contributed by atoms with Crippen molar-refractivity contribution in [1.82, 2.24) is 9.80 Å². The second kappa shape index (κ2) is 4.19. The molecule has 0 radical (unpaired) electrons. The molecule has 10 heavy (non-hydrogen) atoms. The largest absolute Gasteiger partial charge is 0.316 e. The summed E-state index contributed by atoms with van der Waals surface area (Å²) in [5, 5.41) is 0. The van der Waals surface area contributed by atoms with Gasteiger partial charge in [0.15, 0.2) is 0 Å². The Balaban J connectivity index is 3.83. The van der Waals surface area contributed by atoms with Crippen LogP contribution in [-0.2, 0) is 0 Å². The molecule has 0 rings (SSSR count). The molecule has 0 aliphatic heterocycles. The van der Waals surface area contributed by atoms with Crippen molar-refractivity contribution in [3.63, 3.8) is 0 Å². The van der Waals surface area contributed by atoms with Crippen molar-refractivity contribution in [1.29, 1.82) is 0 Å². The number of terminal acetylenes is 3. The van der Waals surface area contributed by atoms with Crippen molar-refractivity contribution in [2.24, 2.45) is 0 Å². The highest BCUT2D eigenvalue weighted by atomic mass is 15.3. The second-order valence-corrected chi connectivity index (χ2v) is 1.65. The lowest BCUT2D eigenvalue weighted by Crippen LogP contribution is -2.25. The predicted octanol–water partition coefficient (Wildman–Crippen LogP) is -0.0502. The van der Waals surface area contributed by atoms with Crippen molar-refractivity contribution in [2.75, 3.05) is 13.7 Å². The zero-order chi connectivity index (χ0) is 7.98. The zero-order valence-electron chi connectivity index (χ0n) is 5.83. The first-order valence-electron chi connectivity index (χ1n) is 2.62. The quantitative estimate of drug-likeness (QED) is 0.295. The number of nitrogens with zero attached hydrogens (tertiary/aromatic N) is 2. The highest BCUT2D eigenvalue weighted by Crippen LogP contribution is 1.83. The van der Waals surface area contributed by atoms with E-state index in [0.29, 0.717) is 6.67 Å². The molecular formula is C8H8N2. The van der Waals surface area contributed by atoms with Crippen molar-refractivity contribution >= 4 is 0 Å². The van der Waals surface area contributed by atoms with Gasteiger partial charge in [0.25, 0.3) is 0 Å². The normalized spacial score (nSPS) is 6.60. The lowest BCUT2D eigenvalue weighted by atomic mass is 10.7. The second-order valence-electron chi connectivity index (χ2n) is 1.65. The van der Waals surface area contributed by atoms with E-state index in [1.165, 1.54) is 4.90 Å². The van der Waals surface area contributed by atoms with Crippen molar-refractivity contribution in [2.45, 2.75) is 0 Å². The van der Waals surface area contributed by atoms with E-state index in [9.17, 15) is 0 Å². The molecule has 2 heteroatoms. The van der Waals surface area contributed by atoms with Crippen LogP contribution in [0.3, 0.4) is 0 Å². The van der Waals surface area contributed by atoms with E-state index < -0.39 is 0 Å². The van der Waals surface area contributed by atoms with Gasteiger partial charge in [0.1, 0.15) is 6.67 Å². The number of hydrogen-bond donors (Lipinski definition) is 0. The van der Waals surface area contributed by atoms with Crippen LogP contribution in [0.15, 0.2) is 0 Å². The third-order valence-electron chi connectivity index (χ3n) is 0.886. The molecule has 2 nitrogen and oxygen atoms in total. The van der Waals surface area contributed by atoms with Gasteiger partial charge in [-0.3, -0.25) is 0 Å². The third kappa shape index (κ3) is 2.55. The average Bonchev–Trinajstić information content (AvgIpc) is 1.99. The Morgan fingerprint density at radius 3 is 1.90 bits per heavy atom. The first kappa shape index (κ1) is 8.28. The molecule has 0 fully saturated rings. The Labute approximate surface area is 61.8 Å². The van der Waals surface area contributed by atoms with Gasteiger partial charge < -0.3 is 4.90 Å². The Hall–Kier alpha value is -1.72. The summed E-state index contributed by atoms with van der Waals surface area (Å²) in [5.74, 6) is 0. The van der Waals surface area contributed by atoms with E-state index >= 15 is 0 Å². The van der Waals surface area contributed by atoms with Gasteiger partial charge in [-0.1, -0.05) is 19.3 Å². The molecule has 0 atom stereocenters. The van der Waals surface area contributed by atoms with Crippen LogP contribution in [0, 0.1) is 37.4 Å². The molecule has 0 aromatic heterocycles. The van der Waals surface area contributed by atoms with Gasteiger partial charge in [0.2, 0.25) is 0 Å². The van der Waals surface area contributed by atoms with Gasteiger partial charge in [0.05, 0.1) is 0 Å². The fraction of sp³-hybridized carbons (Fsp3) is 0.250. The summed E-state index contributed by atoms with van der Waals surface area (Å²) in [6.07, 6.45) is 15.1. The Kier molecular flexibility index (Phi) is 3.47. The van der Waals surface area contributed by atoms with Gasteiger partial charge in [0, 0.05) is 25.2 Å². The monoisotopic (exact) mass is 132 g/mol. The predicted molar refractivity (Wildman–Crippen MR) is 41.0 cm³/mol. The summed E-state index contributed by atoms with van der Waals surface area (Å²) in [4.78, 5) is 2.87. The molecule has 0 aliphatic rings. The van der Waals surface area contributed by atoms with Crippen LogP contribution in [0.5, 0.6) is 0 Å². The maximum atomic E-state index is 5.04. The minimum absolute atomic E-state index is 0.392. The van der Waals surface area contributed by atoms with E-state index in [1.807, 2.05) is 0 Å². The Bertz CT molecular complexity index is 197. The molecule has 0 aliphatic carbocycles. The molecule has 0 heterocycles. The molecule has 50 valence electrons. The fourth-order valence-electron chi connectivity index (χ4n) is 0.372. The third-order valence-corrected chi connectivity index (χ3v) is 0.886. The van der Waals surface area contributed by atoms with Gasteiger partial charge in [-0.2, -0.15) is 0 Å². The van der Waals surface area contributed by atoms with E-state index in [-0.39, 0.29) is 0 Å². The van der Waals surface area contributed by atoms with E-state index in [0.717, 1.165) is 0 Å². The molecule has 0 unspecified atom stereocenters. The molecule has 0 N–H and O–H groups in total. The summed E-state index contributed by atoms with van der Waals surface area (Å²) in [7, 11) is 1.72. The summed E-state index contributed by atoms with van der Waals surface area (Å²) in [5.41, 5.74) is 0. The maximum Gasteiger partial charge on any atom is 0.118 e. The molecule has 0 saturated carbocycles. The molecule has 0 bridgehead atoms. The first-order chi connectivity index (χ1) is 4.74. The molecule has 0 spiro atoms. The van der Waals surface area contributed by atoms with Gasteiger partial charge in [-0.25, -0.2) is 4.90 Å². The zero-order valence-corrected chi connectivity index (χ0v) is 5.83. The lowest BCUT2D eigenvalue weighted by Gasteiger charge is -2.14. The number of rotatable bonds is 2. The Morgan fingerprint density at radius 2 is 1.60 bits per heavy atom. The summed E-state index contributed by atoms with van der Waals surface area (Å²) in [6.45, 7) is 0.392. The lowest BCUT2D eigenvalue weighted by molar-refractivity contribution is 0.356. The number of hydrogen-bond acceptors (Lipinski definition) is 2. The highest BCUT2D eigenvalue weighted by molar-refractivity contribution is 4.99. The molecular weight excluding hydrogens is 124 g/mol. The minimum Gasteiger partial charge on any atom is -0.316 e. The molecule has 0 aromatic carbocycles. The topological polar surface area (TPSA) is 6.48 Å². The Morgan fingerprint density at radius 1 is 1.10 bits per heavy atom. The van der Waals surface area contributed by atoms with E-state index in [1.54, 1.807) is 11.9 Å². The highest BCUT2D eigenvalue weighted by Gasteiger charge is 1.94.